The molecule has 1 heterocycles. The maximum Gasteiger partial charge on any atom is 0.182 e. The first-order chi connectivity index (χ1) is 10.0. The van der Waals surface area contributed by atoms with Gasteiger partial charge in [-0.1, -0.05) is 22.0 Å². The SMILES string of the molecule is Cc1cc(-n2c(=S)[nH]c3c(C#N)cccc32)cc(C)c1Br. The van der Waals surface area contributed by atoms with Crippen molar-refractivity contribution in [3.8, 4) is 11.8 Å². The average Bonchev–Trinajstić information content (AvgIpc) is 2.80. The van der Waals surface area contributed by atoms with Crippen LogP contribution in [0.15, 0.2) is 34.8 Å². The smallest absolute Gasteiger partial charge is 0.182 e. The van der Waals surface area contributed by atoms with E-state index >= 15 is 0 Å². The molecule has 2 aromatic carbocycles. The summed E-state index contributed by atoms with van der Waals surface area (Å²) < 4.78 is 3.67. The van der Waals surface area contributed by atoms with E-state index in [1.165, 1.54) is 0 Å². The predicted molar refractivity (Wildman–Crippen MR) is 90.3 cm³/mol. The molecule has 21 heavy (non-hydrogen) atoms. The first-order valence-corrected chi connectivity index (χ1v) is 7.64. The minimum absolute atomic E-state index is 0.592. The summed E-state index contributed by atoms with van der Waals surface area (Å²) in [5.74, 6) is 0. The lowest BCUT2D eigenvalue weighted by Crippen LogP contribution is -1.96. The van der Waals surface area contributed by atoms with Crippen LogP contribution >= 0.6 is 28.1 Å². The molecule has 0 atom stereocenters. The van der Waals surface area contributed by atoms with Crippen LogP contribution in [0.2, 0.25) is 0 Å². The average molecular weight is 358 g/mol. The third kappa shape index (κ3) is 2.21. The first kappa shape index (κ1) is 14.1. The van der Waals surface area contributed by atoms with E-state index in [1.807, 2.05) is 16.7 Å². The molecule has 0 aliphatic rings. The van der Waals surface area contributed by atoms with Crippen molar-refractivity contribution < 1.29 is 0 Å². The van der Waals surface area contributed by atoms with E-state index in [-0.39, 0.29) is 0 Å². The molecule has 3 nitrogen and oxygen atoms in total. The summed E-state index contributed by atoms with van der Waals surface area (Å²) >= 11 is 9.03. The summed E-state index contributed by atoms with van der Waals surface area (Å²) in [5, 5.41) is 9.21. The van der Waals surface area contributed by atoms with Gasteiger partial charge in [-0.15, -0.1) is 0 Å². The normalized spacial score (nSPS) is 10.8. The second kappa shape index (κ2) is 5.14. The van der Waals surface area contributed by atoms with Gasteiger partial charge in [0.2, 0.25) is 0 Å². The van der Waals surface area contributed by atoms with Crippen molar-refractivity contribution in [3.05, 3.63) is 56.3 Å². The van der Waals surface area contributed by atoms with E-state index in [1.54, 1.807) is 6.07 Å². The van der Waals surface area contributed by atoms with Gasteiger partial charge in [-0.3, -0.25) is 4.57 Å². The monoisotopic (exact) mass is 357 g/mol. The molecule has 104 valence electrons. The molecule has 3 rings (SSSR count). The molecular weight excluding hydrogens is 346 g/mol. The number of halogens is 1. The Hall–Kier alpha value is -1.90. The number of para-hydroxylation sites is 1. The van der Waals surface area contributed by atoms with E-state index in [0.717, 1.165) is 32.3 Å². The third-order valence-electron chi connectivity index (χ3n) is 3.52. The summed E-state index contributed by atoms with van der Waals surface area (Å²) in [6, 6.07) is 12.0. The Balaban J connectivity index is 2.39. The van der Waals surface area contributed by atoms with Gasteiger partial charge in [-0.05, 0) is 61.5 Å². The van der Waals surface area contributed by atoms with Crippen LogP contribution in [-0.2, 0) is 0 Å². The highest BCUT2D eigenvalue weighted by molar-refractivity contribution is 9.10. The number of fused-ring (bicyclic) bond motifs is 1. The summed E-state index contributed by atoms with van der Waals surface area (Å²) in [7, 11) is 0. The Labute approximate surface area is 136 Å². The van der Waals surface area contributed by atoms with Crippen molar-refractivity contribution in [1.82, 2.24) is 9.55 Å². The van der Waals surface area contributed by atoms with Gasteiger partial charge in [0, 0.05) is 10.2 Å². The zero-order chi connectivity index (χ0) is 15.1. The number of imidazole rings is 1. The molecule has 0 fully saturated rings. The minimum Gasteiger partial charge on any atom is -0.329 e. The van der Waals surface area contributed by atoms with Crippen molar-refractivity contribution in [2.45, 2.75) is 13.8 Å². The van der Waals surface area contributed by atoms with Gasteiger partial charge in [-0.2, -0.15) is 5.26 Å². The molecule has 0 saturated heterocycles. The molecule has 1 aromatic heterocycles. The number of rotatable bonds is 1. The fourth-order valence-electron chi connectivity index (χ4n) is 2.53. The molecular formula is C16H12BrN3S. The van der Waals surface area contributed by atoms with Crippen molar-refractivity contribution in [3.63, 3.8) is 0 Å². The second-order valence-corrected chi connectivity index (χ2v) is 6.15. The summed E-state index contributed by atoms with van der Waals surface area (Å²) in [4.78, 5) is 3.14. The van der Waals surface area contributed by atoms with Crippen LogP contribution < -0.4 is 0 Å². The van der Waals surface area contributed by atoms with Crippen LogP contribution in [0.5, 0.6) is 0 Å². The van der Waals surface area contributed by atoms with Crippen LogP contribution in [0.1, 0.15) is 16.7 Å². The quantitative estimate of drug-likeness (QED) is 0.627. The molecule has 0 saturated carbocycles. The van der Waals surface area contributed by atoms with Crippen LogP contribution in [0, 0.1) is 29.9 Å². The zero-order valence-corrected chi connectivity index (χ0v) is 14.0. The number of hydrogen-bond donors (Lipinski definition) is 1. The van der Waals surface area contributed by atoms with E-state index in [9.17, 15) is 5.26 Å². The number of benzene rings is 2. The standard InChI is InChI=1S/C16H12BrN3S/c1-9-6-12(7-10(2)14(9)17)20-13-5-3-4-11(8-18)15(13)19-16(20)21/h3-7H,1-2H3,(H,19,21). The Morgan fingerprint density at radius 3 is 2.52 bits per heavy atom. The van der Waals surface area contributed by atoms with E-state index in [4.69, 9.17) is 12.2 Å². The molecule has 3 aromatic rings. The number of aromatic nitrogens is 2. The highest BCUT2D eigenvalue weighted by Gasteiger charge is 2.11. The molecule has 1 N–H and O–H groups in total. The first-order valence-electron chi connectivity index (χ1n) is 6.44. The highest BCUT2D eigenvalue weighted by Crippen LogP contribution is 2.27. The van der Waals surface area contributed by atoms with Crippen molar-refractivity contribution in [1.29, 1.82) is 5.26 Å². The van der Waals surface area contributed by atoms with Gasteiger partial charge >= 0.3 is 0 Å². The van der Waals surface area contributed by atoms with Crippen LogP contribution in [0.4, 0.5) is 0 Å². The Morgan fingerprint density at radius 1 is 1.24 bits per heavy atom. The molecule has 0 aliphatic carbocycles. The lowest BCUT2D eigenvalue weighted by molar-refractivity contribution is 1.05. The number of nitriles is 1. The number of nitrogens with zero attached hydrogens (tertiary/aromatic N) is 2. The lowest BCUT2D eigenvalue weighted by Gasteiger charge is -2.10. The Bertz CT molecular complexity index is 937. The van der Waals surface area contributed by atoms with Crippen molar-refractivity contribution >= 4 is 39.2 Å². The maximum absolute atomic E-state index is 9.21. The summed E-state index contributed by atoms with van der Waals surface area (Å²) in [5.41, 5.74) is 5.60. The predicted octanol–water partition coefficient (Wildman–Crippen LogP) is 4.94. The van der Waals surface area contributed by atoms with Gasteiger partial charge < -0.3 is 4.98 Å². The topological polar surface area (TPSA) is 44.5 Å². The van der Waals surface area contributed by atoms with Gasteiger partial charge in [-0.25, -0.2) is 0 Å². The zero-order valence-electron chi connectivity index (χ0n) is 11.6. The lowest BCUT2D eigenvalue weighted by atomic mass is 10.1. The highest BCUT2D eigenvalue weighted by atomic mass is 79.9. The van der Waals surface area contributed by atoms with Crippen molar-refractivity contribution in [2.75, 3.05) is 0 Å². The van der Waals surface area contributed by atoms with Crippen LogP contribution in [0.25, 0.3) is 16.7 Å². The number of nitrogens with one attached hydrogen (secondary N) is 1. The van der Waals surface area contributed by atoms with Gasteiger partial charge in [0.05, 0.1) is 16.6 Å². The minimum atomic E-state index is 0.592. The largest absolute Gasteiger partial charge is 0.329 e. The van der Waals surface area contributed by atoms with Crippen molar-refractivity contribution in [2.24, 2.45) is 0 Å². The molecule has 0 aliphatic heterocycles. The molecule has 0 amide bonds. The van der Waals surface area contributed by atoms with Crippen LogP contribution in [0.3, 0.4) is 0 Å². The van der Waals surface area contributed by atoms with E-state index in [0.29, 0.717) is 10.3 Å². The molecule has 0 radical (unpaired) electrons. The number of aryl methyl sites for hydroxylation is 2. The fraction of sp³-hybridized carbons (Fsp3) is 0.125. The van der Waals surface area contributed by atoms with Gasteiger partial charge in [0.1, 0.15) is 6.07 Å². The summed E-state index contributed by atoms with van der Waals surface area (Å²) in [6.07, 6.45) is 0. The summed E-state index contributed by atoms with van der Waals surface area (Å²) in [6.45, 7) is 4.11. The molecule has 0 unspecified atom stereocenters. The number of hydrogen-bond acceptors (Lipinski definition) is 2. The van der Waals surface area contributed by atoms with Gasteiger partial charge in [0.25, 0.3) is 0 Å². The Morgan fingerprint density at radius 2 is 1.90 bits per heavy atom. The maximum atomic E-state index is 9.21. The second-order valence-electron chi connectivity index (χ2n) is 4.97. The molecule has 0 bridgehead atoms. The van der Waals surface area contributed by atoms with E-state index in [2.05, 4.69) is 53.0 Å². The molecule has 0 spiro atoms. The molecule has 5 heteroatoms. The third-order valence-corrected chi connectivity index (χ3v) is 5.05. The van der Waals surface area contributed by atoms with E-state index < -0.39 is 0 Å². The number of aromatic amines is 1. The Kier molecular flexibility index (Phi) is 3.44. The van der Waals surface area contributed by atoms with Gasteiger partial charge in [0.15, 0.2) is 4.77 Å². The van der Waals surface area contributed by atoms with Crippen LogP contribution in [-0.4, -0.2) is 9.55 Å². The fourth-order valence-corrected chi connectivity index (χ4v) is 3.07. The number of H-pyrrole nitrogens is 1.